The summed E-state index contributed by atoms with van der Waals surface area (Å²) in [6.07, 6.45) is 4.53. The fraction of sp³-hybridized carbons (Fsp3) is 0.588. The monoisotopic (exact) mass is 277 g/mol. The largest absolute Gasteiger partial charge is 0.462 e. The minimum absolute atomic E-state index is 0.257. The lowest BCUT2D eigenvalue weighted by molar-refractivity contribution is 0.0427. The van der Waals surface area contributed by atoms with Gasteiger partial charge in [0, 0.05) is 5.69 Å². The fourth-order valence-electron chi connectivity index (χ4n) is 2.27. The van der Waals surface area contributed by atoms with Crippen molar-refractivity contribution in [3.05, 3.63) is 28.8 Å². The molecule has 1 rings (SSSR count). The Morgan fingerprint density at radius 3 is 2.60 bits per heavy atom. The Labute approximate surface area is 122 Å². The van der Waals surface area contributed by atoms with Crippen LogP contribution >= 0.6 is 0 Å². The molecule has 1 atom stereocenters. The van der Waals surface area contributed by atoms with Crippen LogP contribution in [-0.4, -0.2) is 12.6 Å². The Morgan fingerprint density at radius 1 is 1.30 bits per heavy atom. The second-order valence-corrected chi connectivity index (χ2v) is 5.53. The number of rotatable bonds is 7. The third kappa shape index (κ3) is 4.55. The number of hydrogen-bond donors (Lipinski definition) is 1. The van der Waals surface area contributed by atoms with Crippen molar-refractivity contribution in [3.8, 4) is 0 Å². The molecule has 1 aromatic rings. The number of carbonyl (C=O) groups excluding carboxylic acids is 1. The molecular formula is C17H27NO2. The van der Waals surface area contributed by atoms with Crippen LogP contribution < -0.4 is 5.73 Å². The minimum Gasteiger partial charge on any atom is -0.462 e. The Hall–Kier alpha value is -1.51. The zero-order valence-electron chi connectivity index (χ0n) is 13.2. The minimum atomic E-state index is -0.257. The summed E-state index contributed by atoms with van der Waals surface area (Å²) < 4.78 is 5.47. The second kappa shape index (κ2) is 7.93. The third-order valence-corrected chi connectivity index (χ3v) is 3.90. The van der Waals surface area contributed by atoms with Crippen LogP contribution in [0.15, 0.2) is 12.1 Å². The second-order valence-electron chi connectivity index (χ2n) is 5.53. The molecule has 2 N–H and O–H groups in total. The number of aryl methyl sites for hydroxylation is 1. The van der Waals surface area contributed by atoms with Crippen LogP contribution in [0.25, 0.3) is 0 Å². The summed E-state index contributed by atoms with van der Waals surface area (Å²) >= 11 is 0. The van der Waals surface area contributed by atoms with Crippen molar-refractivity contribution in [1.29, 1.82) is 0 Å². The number of ether oxygens (including phenoxy) is 1. The molecule has 112 valence electrons. The maximum absolute atomic E-state index is 12.2. The summed E-state index contributed by atoms with van der Waals surface area (Å²) in [6.45, 7) is 8.71. The molecule has 3 heteroatoms. The molecular weight excluding hydrogens is 250 g/mol. The average Bonchev–Trinajstić information content (AvgIpc) is 2.42. The van der Waals surface area contributed by atoms with Gasteiger partial charge in [0.1, 0.15) is 0 Å². The van der Waals surface area contributed by atoms with Crippen molar-refractivity contribution in [1.82, 2.24) is 0 Å². The van der Waals surface area contributed by atoms with Gasteiger partial charge < -0.3 is 10.5 Å². The summed E-state index contributed by atoms with van der Waals surface area (Å²) in [5.74, 6) is 0.203. The highest BCUT2D eigenvalue weighted by Gasteiger charge is 2.15. The van der Waals surface area contributed by atoms with Crippen LogP contribution in [0.4, 0.5) is 5.69 Å². The van der Waals surface area contributed by atoms with Gasteiger partial charge in [-0.05, 0) is 49.4 Å². The Bertz CT molecular complexity index is 455. The lowest BCUT2D eigenvalue weighted by atomic mass is 10.00. The van der Waals surface area contributed by atoms with Gasteiger partial charge in [0.15, 0.2) is 0 Å². The lowest BCUT2D eigenvalue weighted by Crippen LogP contribution is -2.15. The summed E-state index contributed by atoms with van der Waals surface area (Å²) in [7, 11) is 0. The van der Waals surface area contributed by atoms with Gasteiger partial charge in [-0.2, -0.15) is 0 Å². The third-order valence-electron chi connectivity index (χ3n) is 3.90. The Balaban J connectivity index is 2.67. The van der Waals surface area contributed by atoms with Gasteiger partial charge in [0.2, 0.25) is 0 Å². The van der Waals surface area contributed by atoms with E-state index in [-0.39, 0.29) is 5.97 Å². The maximum Gasteiger partial charge on any atom is 0.338 e. The van der Waals surface area contributed by atoms with E-state index in [1.807, 2.05) is 19.9 Å². The highest BCUT2D eigenvalue weighted by Crippen LogP contribution is 2.20. The smallest absolute Gasteiger partial charge is 0.338 e. The van der Waals surface area contributed by atoms with Gasteiger partial charge in [0.05, 0.1) is 12.2 Å². The number of anilines is 1. The number of benzene rings is 1. The number of hydrogen-bond acceptors (Lipinski definition) is 3. The normalized spacial score (nSPS) is 12.2. The molecule has 0 bridgehead atoms. The lowest BCUT2D eigenvalue weighted by Gasteiger charge is -2.16. The molecule has 0 saturated heterocycles. The molecule has 0 heterocycles. The van der Waals surface area contributed by atoms with Crippen LogP contribution in [0.2, 0.25) is 0 Å². The first-order valence-corrected chi connectivity index (χ1v) is 7.53. The summed E-state index contributed by atoms with van der Waals surface area (Å²) in [5, 5.41) is 0. The molecule has 0 aromatic heterocycles. The predicted octanol–water partition coefficient (Wildman–Crippen LogP) is 4.26. The Kier molecular flexibility index (Phi) is 6.56. The molecule has 0 aliphatic rings. The maximum atomic E-state index is 12.2. The fourth-order valence-corrected chi connectivity index (χ4v) is 2.27. The van der Waals surface area contributed by atoms with Gasteiger partial charge in [-0.1, -0.05) is 33.1 Å². The van der Waals surface area contributed by atoms with Crippen molar-refractivity contribution in [2.45, 2.75) is 53.4 Å². The van der Waals surface area contributed by atoms with Crippen LogP contribution in [0.5, 0.6) is 0 Å². The number of unbranched alkanes of at least 4 members (excludes halogenated alkanes) is 1. The first-order valence-electron chi connectivity index (χ1n) is 7.53. The van der Waals surface area contributed by atoms with Crippen molar-refractivity contribution in [3.63, 3.8) is 0 Å². The highest BCUT2D eigenvalue weighted by molar-refractivity contribution is 5.92. The molecule has 0 aliphatic heterocycles. The molecule has 1 unspecified atom stereocenters. The molecule has 0 radical (unpaired) electrons. The van der Waals surface area contributed by atoms with Crippen molar-refractivity contribution in [2.75, 3.05) is 12.3 Å². The molecule has 0 amide bonds. The zero-order valence-corrected chi connectivity index (χ0v) is 13.2. The van der Waals surface area contributed by atoms with E-state index in [2.05, 4.69) is 13.8 Å². The first kappa shape index (κ1) is 16.5. The van der Waals surface area contributed by atoms with Gasteiger partial charge in [0.25, 0.3) is 0 Å². The number of carbonyl (C=O) groups is 1. The van der Waals surface area contributed by atoms with E-state index >= 15 is 0 Å². The highest BCUT2D eigenvalue weighted by atomic mass is 16.5. The molecule has 0 saturated carbocycles. The number of esters is 1. The summed E-state index contributed by atoms with van der Waals surface area (Å²) in [4.78, 5) is 12.2. The van der Waals surface area contributed by atoms with Crippen molar-refractivity contribution >= 4 is 11.7 Å². The molecule has 20 heavy (non-hydrogen) atoms. The topological polar surface area (TPSA) is 52.3 Å². The van der Waals surface area contributed by atoms with E-state index in [9.17, 15) is 4.79 Å². The number of nitrogen functional groups attached to an aromatic ring is 1. The van der Waals surface area contributed by atoms with E-state index in [1.54, 1.807) is 6.07 Å². The van der Waals surface area contributed by atoms with Crippen molar-refractivity contribution in [2.24, 2.45) is 5.92 Å². The Morgan fingerprint density at radius 2 is 2.00 bits per heavy atom. The average molecular weight is 277 g/mol. The molecule has 3 nitrogen and oxygen atoms in total. The van der Waals surface area contributed by atoms with Crippen molar-refractivity contribution < 1.29 is 9.53 Å². The molecule has 0 aliphatic carbocycles. The number of nitrogens with two attached hydrogens (primary N) is 1. The van der Waals surface area contributed by atoms with Crippen LogP contribution in [-0.2, 0) is 4.74 Å². The quantitative estimate of drug-likeness (QED) is 0.598. The molecule has 1 aromatic carbocycles. The van der Waals surface area contributed by atoms with Crippen LogP contribution in [0.3, 0.4) is 0 Å². The molecule has 0 fully saturated rings. The van der Waals surface area contributed by atoms with Gasteiger partial charge in [-0.15, -0.1) is 0 Å². The van der Waals surface area contributed by atoms with E-state index in [0.29, 0.717) is 23.8 Å². The SMILES string of the molecule is CCCCC(CC)COC(=O)c1cc(N)cc(C)c1C. The van der Waals surface area contributed by atoms with E-state index in [0.717, 1.165) is 24.0 Å². The van der Waals surface area contributed by atoms with Gasteiger partial charge >= 0.3 is 5.97 Å². The van der Waals surface area contributed by atoms with Crippen LogP contribution in [0.1, 0.15) is 61.0 Å². The molecule has 0 spiro atoms. The zero-order chi connectivity index (χ0) is 15.1. The van der Waals surface area contributed by atoms with E-state index in [4.69, 9.17) is 10.5 Å². The summed E-state index contributed by atoms with van der Waals surface area (Å²) in [5.41, 5.74) is 8.98. The van der Waals surface area contributed by atoms with E-state index in [1.165, 1.54) is 12.8 Å². The van der Waals surface area contributed by atoms with Crippen LogP contribution in [0, 0.1) is 19.8 Å². The standard InChI is InChI=1S/C17H27NO2/c1-5-7-8-14(6-2)11-20-17(19)16-10-15(18)9-12(3)13(16)4/h9-10,14H,5-8,11,18H2,1-4H3. The van der Waals surface area contributed by atoms with E-state index < -0.39 is 0 Å². The summed E-state index contributed by atoms with van der Waals surface area (Å²) in [6, 6.07) is 3.58. The van der Waals surface area contributed by atoms with Gasteiger partial charge in [-0.3, -0.25) is 0 Å². The predicted molar refractivity (Wildman–Crippen MR) is 83.9 cm³/mol. The first-order chi connectivity index (χ1) is 9.49. The van der Waals surface area contributed by atoms with Gasteiger partial charge in [-0.25, -0.2) is 4.79 Å².